The Hall–Kier alpha value is -0.760. The fourth-order valence-corrected chi connectivity index (χ4v) is 3.34. The van der Waals surface area contributed by atoms with Crippen LogP contribution in [0.25, 0.3) is 0 Å². The fraction of sp³-hybridized carbons (Fsp3) is 0.818. The molecule has 0 amide bonds. The van der Waals surface area contributed by atoms with Crippen molar-refractivity contribution in [1.82, 2.24) is 20.4 Å². The molecule has 0 atom stereocenters. The van der Waals surface area contributed by atoms with E-state index in [-0.39, 0.29) is 0 Å². The molecule has 1 aliphatic rings. The first-order valence-electron chi connectivity index (χ1n) is 11.4. The van der Waals surface area contributed by atoms with Crippen LogP contribution >= 0.6 is 0 Å². The Morgan fingerprint density at radius 2 is 1.04 bits per heavy atom. The zero-order chi connectivity index (χ0) is 20.1. The first kappa shape index (κ1) is 25.3. The molecular formula is C22H46N6. The Morgan fingerprint density at radius 3 is 1.43 bits per heavy atom. The molecule has 1 rings (SSSR count). The fourth-order valence-electron chi connectivity index (χ4n) is 3.34. The highest BCUT2D eigenvalue weighted by molar-refractivity contribution is 4.84. The lowest BCUT2D eigenvalue weighted by molar-refractivity contribution is 0.130. The number of hydrogen-bond acceptors (Lipinski definition) is 6. The lowest BCUT2D eigenvalue weighted by atomic mass is 10.2. The van der Waals surface area contributed by atoms with Crippen LogP contribution in [0, 0.1) is 0 Å². The molecule has 0 aromatic rings. The largest absolute Gasteiger partial charge is 0.330 e. The van der Waals surface area contributed by atoms with E-state index in [1.807, 2.05) is 0 Å². The van der Waals surface area contributed by atoms with E-state index in [1.165, 1.54) is 52.1 Å². The van der Waals surface area contributed by atoms with Gasteiger partial charge in [0, 0.05) is 39.3 Å². The number of nitrogens with one attached hydrogen (secondary N) is 2. The predicted octanol–water partition coefficient (Wildman–Crippen LogP) is 1.15. The van der Waals surface area contributed by atoms with Gasteiger partial charge in [-0.1, -0.05) is 24.3 Å². The third kappa shape index (κ3) is 15.2. The number of nitrogens with zero attached hydrogens (tertiary/aromatic N) is 2. The lowest BCUT2D eigenvalue weighted by Crippen LogP contribution is -2.47. The summed E-state index contributed by atoms with van der Waals surface area (Å²) in [4.78, 5) is 5.22. The van der Waals surface area contributed by atoms with Crippen LogP contribution in [0.5, 0.6) is 0 Å². The van der Waals surface area contributed by atoms with Crippen LogP contribution in [0.4, 0.5) is 0 Å². The summed E-state index contributed by atoms with van der Waals surface area (Å²) in [6, 6.07) is 0. The van der Waals surface area contributed by atoms with Crippen molar-refractivity contribution in [3.05, 3.63) is 24.3 Å². The maximum atomic E-state index is 5.48. The van der Waals surface area contributed by atoms with Crippen LogP contribution in [0.1, 0.15) is 38.5 Å². The van der Waals surface area contributed by atoms with E-state index in [2.05, 4.69) is 44.7 Å². The van der Waals surface area contributed by atoms with Crippen LogP contribution in [0.2, 0.25) is 0 Å². The number of unbranched alkanes of at least 4 members (excludes halogenated alkanes) is 2. The van der Waals surface area contributed by atoms with Crippen molar-refractivity contribution in [2.45, 2.75) is 38.5 Å². The van der Waals surface area contributed by atoms with Gasteiger partial charge in [0.05, 0.1) is 0 Å². The van der Waals surface area contributed by atoms with E-state index < -0.39 is 0 Å². The molecule has 0 bridgehead atoms. The summed E-state index contributed by atoms with van der Waals surface area (Å²) in [5.74, 6) is 0. The highest BCUT2D eigenvalue weighted by atomic mass is 15.3. The van der Waals surface area contributed by atoms with Crippen molar-refractivity contribution in [3.8, 4) is 0 Å². The Balaban J connectivity index is 1.87. The van der Waals surface area contributed by atoms with Gasteiger partial charge in [-0.3, -0.25) is 0 Å². The smallest absolute Gasteiger partial charge is 0.0134 e. The molecule has 0 unspecified atom stereocenters. The molecule has 1 heterocycles. The maximum Gasteiger partial charge on any atom is 0.0134 e. The second-order valence-electron chi connectivity index (χ2n) is 7.60. The molecule has 1 saturated heterocycles. The van der Waals surface area contributed by atoms with Gasteiger partial charge in [0.1, 0.15) is 0 Å². The molecule has 0 spiro atoms. The number of piperazine rings is 1. The summed E-state index contributed by atoms with van der Waals surface area (Å²) in [7, 11) is 0. The van der Waals surface area contributed by atoms with Crippen LogP contribution in [-0.2, 0) is 0 Å². The first-order chi connectivity index (χ1) is 13.9. The third-order valence-corrected chi connectivity index (χ3v) is 5.13. The molecular weight excluding hydrogens is 348 g/mol. The Kier molecular flexibility index (Phi) is 17.7. The molecule has 0 aliphatic carbocycles. The molecule has 0 aromatic heterocycles. The van der Waals surface area contributed by atoms with Crippen molar-refractivity contribution < 1.29 is 0 Å². The zero-order valence-corrected chi connectivity index (χ0v) is 18.1. The Labute approximate surface area is 173 Å². The van der Waals surface area contributed by atoms with Gasteiger partial charge in [-0.2, -0.15) is 0 Å². The quantitative estimate of drug-likeness (QED) is 0.206. The molecule has 1 fully saturated rings. The number of allylic oxidation sites excluding steroid dienone is 2. The summed E-state index contributed by atoms with van der Waals surface area (Å²) in [5, 5.41) is 6.99. The van der Waals surface area contributed by atoms with E-state index >= 15 is 0 Å². The highest BCUT2D eigenvalue weighted by Gasteiger charge is 2.15. The van der Waals surface area contributed by atoms with Gasteiger partial charge in [-0.15, -0.1) is 0 Å². The van der Waals surface area contributed by atoms with Gasteiger partial charge in [-0.25, -0.2) is 0 Å². The number of rotatable bonds is 18. The van der Waals surface area contributed by atoms with Crippen molar-refractivity contribution in [1.29, 1.82) is 0 Å². The third-order valence-electron chi connectivity index (χ3n) is 5.13. The van der Waals surface area contributed by atoms with Crippen molar-refractivity contribution in [2.24, 2.45) is 11.5 Å². The average molecular weight is 395 g/mol. The Bertz CT molecular complexity index is 341. The normalized spacial score (nSPS) is 16.6. The zero-order valence-electron chi connectivity index (χ0n) is 18.1. The molecule has 6 heteroatoms. The standard InChI is InChI=1S/C22H46N6/c23-11-5-1-3-7-13-25-15-9-17-27-19-21-28(22-20-27)18-10-16-26-14-8-4-2-6-12-24/h3-4,7-8,25-26H,1-2,5-6,9-24H2. The predicted molar refractivity (Wildman–Crippen MR) is 123 cm³/mol. The van der Waals surface area contributed by atoms with Gasteiger partial charge in [0.15, 0.2) is 0 Å². The summed E-state index contributed by atoms with van der Waals surface area (Å²) in [6.45, 7) is 13.1. The summed E-state index contributed by atoms with van der Waals surface area (Å²) in [6.07, 6.45) is 15.8. The minimum Gasteiger partial charge on any atom is -0.330 e. The minimum absolute atomic E-state index is 0.787. The van der Waals surface area contributed by atoms with Crippen molar-refractivity contribution in [2.75, 3.05) is 78.5 Å². The van der Waals surface area contributed by atoms with Gasteiger partial charge in [0.2, 0.25) is 0 Å². The highest BCUT2D eigenvalue weighted by Crippen LogP contribution is 2.03. The first-order valence-corrected chi connectivity index (χ1v) is 11.4. The Morgan fingerprint density at radius 1 is 0.607 bits per heavy atom. The van der Waals surface area contributed by atoms with E-state index in [9.17, 15) is 0 Å². The summed E-state index contributed by atoms with van der Waals surface area (Å²) < 4.78 is 0. The maximum absolute atomic E-state index is 5.48. The number of hydrogen-bond donors (Lipinski definition) is 4. The van der Waals surface area contributed by atoms with Crippen LogP contribution in [0.15, 0.2) is 24.3 Å². The summed E-state index contributed by atoms with van der Waals surface area (Å²) in [5.41, 5.74) is 11.0. The second kappa shape index (κ2) is 19.6. The van der Waals surface area contributed by atoms with Gasteiger partial charge >= 0.3 is 0 Å². The van der Waals surface area contributed by atoms with E-state index in [0.717, 1.165) is 65.0 Å². The van der Waals surface area contributed by atoms with Gasteiger partial charge in [0.25, 0.3) is 0 Å². The van der Waals surface area contributed by atoms with E-state index in [4.69, 9.17) is 11.5 Å². The lowest BCUT2D eigenvalue weighted by Gasteiger charge is -2.34. The molecule has 28 heavy (non-hydrogen) atoms. The van der Waals surface area contributed by atoms with Crippen LogP contribution < -0.4 is 22.1 Å². The van der Waals surface area contributed by atoms with Crippen molar-refractivity contribution >= 4 is 0 Å². The van der Waals surface area contributed by atoms with E-state index in [0.29, 0.717) is 0 Å². The molecule has 0 aromatic carbocycles. The minimum atomic E-state index is 0.787. The van der Waals surface area contributed by atoms with Crippen LogP contribution in [0.3, 0.4) is 0 Å². The molecule has 0 radical (unpaired) electrons. The second-order valence-corrected chi connectivity index (χ2v) is 7.60. The van der Waals surface area contributed by atoms with Gasteiger partial charge < -0.3 is 31.9 Å². The molecule has 0 saturated carbocycles. The molecule has 6 N–H and O–H groups in total. The molecule has 1 aliphatic heterocycles. The van der Waals surface area contributed by atoms with E-state index in [1.54, 1.807) is 0 Å². The number of nitrogens with two attached hydrogens (primary N) is 2. The molecule has 164 valence electrons. The molecule has 6 nitrogen and oxygen atoms in total. The van der Waals surface area contributed by atoms with Gasteiger partial charge in [-0.05, 0) is 77.8 Å². The summed E-state index contributed by atoms with van der Waals surface area (Å²) >= 11 is 0. The SMILES string of the molecule is NCCCC=CCNCCCN1CCN(CCCNCC=CCCCN)CC1. The monoisotopic (exact) mass is 394 g/mol. The van der Waals surface area contributed by atoms with Crippen molar-refractivity contribution in [3.63, 3.8) is 0 Å². The topological polar surface area (TPSA) is 82.6 Å². The average Bonchev–Trinajstić information content (AvgIpc) is 2.72. The van der Waals surface area contributed by atoms with Crippen LogP contribution in [-0.4, -0.2) is 88.3 Å².